The summed E-state index contributed by atoms with van der Waals surface area (Å²) in [5.41, 5.74) is 3.36. The monoisotopic (exact) mass is 529 g/mol. The first-order valence-corrected chi connectivity index (χ1v) is 15.0. The fourth-order valence-electron chi connectivity index (χ4n) is 5.41. The summed E-state index contributed by atoms with van der Waals surface area (Å²) in [6.07, 6.45) is 10.5. The van der Waals surface area contributed by atoms with E-state index in [0.717, 1.165) is 35.6 Å². The van der Waals surface area contributed by atoms with Crippen LogP contribution in [0, 0.1) is 12.8 Å². The third-order valence-corrected chi connectivity index (χ3v) is 8.35. The number of hydrogen-bond acceptors (Lipinski definition) is 5. The molecule has 1 aliphatic heterocycles. The van der Waals surface area contributed by atoms with E-state index in [-0.39, 0.29) is 11.8 Å². The number of carboxylic acid groups (broad SMARTS) is 1. The third-order valence-electron chi connectivity index (χ3n) is 7.71. The summed E-state index contributed by atoms with van der Waals surface area (Å²) in [6.45, 7) is 4.09. The van der Waals surface area contributed by atoms with Gasteiger partial charge in [0.05, 0.1) is 6.54 Å². The van der Waals surface area contributed by atoms with E-state index in [1.165, 1.54) is 32.1 Å². The SMILES string of the molecule is CSCCC(NC(=O)C1=C(c2ccccc2C)CN(C(=O)CN(C)CCC2CCCCC2)CC1)C(=O)O. The average molecular weight is 530 g/mol. The molecule has 204 valence electrons. The zero-order valence-electron chi connectivity index (χ0n) is 22.6. The van der Waals surface area contributed by atoms with Crippen LogP contribution in [0.5, 0.6) is 0 Å². The zero-order chi connectivity index (χ0) is 26.8. The number of thioether (sulfide) groups is 1. The highest BCUT2D eigenvalue weighted by Gasteiger charge is 2.30. The van der Waals surface area contributed by atoms with Crippen molar-refractivity contribution in [2.24, 2.45) is 5.92 Å². The Morgan fingerprint density at radius 2 is 1.92 bits per heavy atom. The van der Waals surface area contributed by atoms with Gasteiger partial charge in [0.25, 0.3) is 0 Å². The minimum absolute atomic E-state index is 0.0695. The number of nitrogens with zero attached hydrogens (tertiary/aromatic N) is 2. The predicted molar refractivity (Wildman–Crippen MR) is 151 cm³/mol. The lowest BCUT2D eigenvalue weighted by molar-refractivity contribution is -0.141. The molecule has 1 aromatic rings. The number of rotatable bonds is 12. The van der Waals surface area contributed by atoms with E-state index >= 15 is 0 Å². The Balaban J connectivity index is 1.71. The van der Waals surface area contributed by atoms with Crippen molar-refractivity contribution in [3.05, 3.63) is 41.0 Å². The maximum Gasteiger partial charge on any atom is 0.326 e. The summed E-state index contributed by atoms with van der Waals surface area (Å²) in [5, 5.41) is 12.3. The summed E-state index contributed by atoms with van der Waals surface area (Å²) >= 11 is 1.55. The second kappa shape index (κ2) is 14.6. The first kappa shape index (κ1) is 29.2. The quantitative estimate of drug-likeness (QED) is 0.422. The largest absolute Gasteiger partial charge is 0.480 e. The summed E-state index contributed by atoms with van der Waals surface area (Å²) in [7, 11) is 2.02. The normalized spacial score (nSPS) is 17.7. The first-order valence-electron chi connectivity index (χ1n) is 13.6. The Kier molecular flexibility index (Phi) is 11.5. The molecule has 3 rings (SSSR count). The molecule has 1 aromatic carbocycles. The van der Waals surface area contributed by atoms with Crippen LogP contribution in [0.3, 0.4) is 0 Å². The van der Waals surface area contributed by atoms with E-state index in [2.05, 4.69) is 10.2 Å². The van der Waals surface area contributed by atoms with Gasteiger partial charge < -0.3 is 15.3 Å². The molecule has 2 N–H and O–H groups in total. The van der Waals surface area contributed by atoms with Gasteiger partial charge in [0.2, 0.25) is 11.8 Å². The summed E-state index contributed by atoms with van der Waals surface area (Å²) in [4.78, 5) is 42.3. The summed E-state index contributed by atoms with van der Waals surface area (Å²) in [5.74, 6) is 0.133. The van der Waals surface area contributed by atoms with Crippen molar-refractivity contribution < 1.29 is 19.5 Å². The van der Waals surface area contributed by atoms with Crippen LogP contribution in [0.4, 0.5) is 0 Å². The van der Waals surface area contributed by atoms with Crippen LogP contribution < -0.4 is 5.32 Å². The second-order valence-electron chi connectivity index (χ2n) is 10.5. The lowest BCUT2D eigenvalue weighted by atomic mass is 9.87. The molecular formula is C29H43N3O4S. The smallest absolute Gasteiger partial charge is 0.326 e. The average Bonchev–Trinajstić information content (AvgIpc) is 2.90. The standard InChI is InChI=1S/C29H43N3O4S/c1-21-9-7-8-12-23(21)25-19-32(27(33)20-31(2)16-13-22-10-5-4-6-11-22)17-14-24(25)28(34)30-26(29(35)36)15-18-37-3/h7-9,12,22,26H,4-6,10-11,13-20H2,1-3H3,(H,30,34)(H,35,36). The Hall–Kier alpha value is -2.32. The molecule has 1 unspecified atom stereocenters. The highest BCUT2D eigenvalue weighted by Crippen LogP contribution is 2.30. The number of hydrogen-bond donors (Lipinski definition) is 2. The van der Waals surface area contributed by atoms with Crippen LogP contribution in [0.25, 0.3) is 5.57 Å². The Labute approximate surface area is 226 Å². The molecule has 8 heteroatoms. The van der Waals surface area contributed by atoms with Gasteiger partial charge in [-0.15, -0.1) is 0 Å². The highest BCUT2D eigenvalue weighted by atomic mass is 32.2. The van der Waals surface area contributed by atoms with Crippen molar-refractivity contribution in [2.45, 2.75) is 64.3 Å². The highest BCUT2D eigenvalue weighted by molar-refractivity contribution is 7.98. The molecule has 1 heterocycles. The topological polar surface area (TPSA) is 90.0 Å². The molecule has 0 aromatic heterocycles. The fourth-order valence-corrected chi connectivity index (χ4v) is 5.88. The van der Waals surface area contributed by atoms with Gasteiger partial charge in [-0.25, -0.2) is 4.79 Å². The van der Waals surface area contributed by atoms with Gasteiger partial charge in [0.1, 0.15) is 6.04 Å². The van der Waals surface area contributed by atoms with Crippen molar-refractivity contribution in [1.29, 1.82) is 0 Å². The van der Waals surface area contributed by atoms with E-state index in [0.29, 0.717) is 43.8 Å². The van der Waals surface area contributed by atoms with Crippen LogP contribution in [0.2, 0.25) is 0 Å². The number of carbonyl (C=O) groups is 3. The molecule has 1 aliphatic carbocycles. The number of benzene rings is 1. The number of amides is 2. The van der Waals surface area contributed by atoms with Crippen LogP contribution in [0.1, 0.15) is 62.5 Å². The van der Waals surface area contributed by atoms with E-state index < -0.39 is 12.0 Å². The zero-order valence-corrected chi connectivity index (χ0v) is 23.4. The van der Waals surface area contributed by atoms with Gasteiger partial charge in [-0.2, -0.15) is 11.8 Å². The van der Waals surface area contributed by atoms with Gasteiger partial charge in [-0.1, -0.05) is 56.4 Å². The van der Waals surface area contributed by atoms with Gasteiger partial charge in [-0.05, 0) is 74.4 Å². The maximum atomic E-state index is 13.3. The number of carbonyl (C=O) groups excluding carboxylic acids is 2. The second-order valence-corrected chi connectivity index (χ2v) is 11.5. The lowest BCUT2D eigenvalue weighted by Crippen LogP contribution is -2.46. The molecule has 7 nitrogen and oxygen atoms in total. The third kappa shape index (κ3) is 8.60. The van der Waals surface area contributed by atoms with Gasteiger partial charge in [0, 0.05) is 18.7 Å². The van der Waals surface area contributed by atoms with E-state index in [4.69, 9.17) is 0 Å². The van der Waals surface area contributed by atoms with Crippen LogP contribution in [-0.2, 0) is 14.4 Å². The number of carboxylic acids is 1. The molecular weight excluding hydrogens is 486 g/mol. The van der Waals surface area contributed by atoms with Crippen molar-refractivity contribution in [3.63, 3.8) is 0 Å². The molecule has 1 atom stereocenters. The number of aliphatic carboxylic acids is 1. The first-order chi connectivity index (χ1) is 17.8. The summed E-state index contributed by atoms with van der Waals surface area (Å²) in [6, 6.07) is 6.93. The maximum absolute atomic E-state index is 13.3. The molecule has 0 radical (unpaired) electrons. The fraction of sp³-hybridized carbons (Fsp3) is 0.621. The Morgan fingerprint density at radius 1 is 1.19 bits per heavy atom. The van der Waals surface area contributed by atoms with Crippen LogP contribution >= 0.6 is 11.8 Å². The molecule has 2 amide bonds. The van der Waals surface area contributed by atoms with E-state index in [1.54, 1.807) is 11.8 Å². The Morgan fingerprint density at radius 3 is 2.59 bits per heavy atom. The van der Waals surface area contributed by atoms with Crippen LogP contribution in [0.15, 0.2) is 29.8 Å². The minimum atomic E-state index is -1.02. The molecule has 0 saturated heterocycles. The Bertz CT molecular complexity index is 974. The number of aryl methyl sites for hydroxylation is 1. The molecule has 0 bridgehead atoms. The number of nitrogens with one attached hydrogen (secondary N) is 1. The van der Waals surface area contributed by atoms with Gasteiger partial charge >= 0.3 is 5.97 Å². The predicted octanol–water partition coefficient (Wildman–Crippen LogP) is 4.21. The summed E-state index contributed by atoms with van der Waals surface area (Å²) < 4.78 is 0. The minimum Gasteiger partial charge on any atom is -0.480 e. The molecule has 37 heavy (non-hydrogen) atoms. The lowest BCUT2D eigenvalue weighted by Gasteiger charge is -2.33. The molecule has 0 spiro atoms. The van der Waals surface area contributed by atoms with Crippen molar-refractivity contribution in [2.75, 3.05) is 45.2 Å². The number of likely N-dealkylation sites (N-methyl/N-ethyl adjacent to an activating group) is 1. The van der Waals surface area contributed by atoms with Crippen molar-refractivity contribution >= 4 is 35.1 Å². The van der Waals surface area contributed by atoms with Crippen LogP contribution in [-0.4, -0.2) is 84.0 Å². The molecule has 1 fully saturated rings. The van der Waals surface area contributed by atoms with E-state index in [9.17, 15) is 19.5 Å². The molecule has 2 aliphatic rings. The van der Waals surface area contributed by atoms with Gasteiger partial charge in [-0.3, -0.25) is 14.5 Å². The van der Waals surface area contributed by atoms with E-state index in [1.807, 2.05) is 49.4 Å². The van der Waals surface area contributed by atoms with Crippen molar-refractivity contribution in [3.8, 4) is 0 Å². The van der Waals surface area contributed by atoms with Crippen molar-refractivity contribution in [1.82, 2.24) is 15.1 Å². The molecule has 1 saturated carbocycles. The van der Waals surface area contributed by atoms with Gasteiger partial charge in [0.15, 0.2) is 0 Å².